The summed E-state index contributed by atoms with van der Waals surface area (Å²) in [7, 11) is 2.10. The summed E-state index contributed by atoms with van der Waals surface area (Å²) in [6.07, 6.45) is 2.48. The maximum atomic E-state index is 5.38. The molecule has 2 saturated heterocycles. The van der Waals surface area contributed by atoms with Crippen molar-refractivity contribution in [3.63, 3.8) is 0 Å². The van der Waals surface area contributed by atoms with Gasteiger partial charge in [0.2, 0.25) is 0 Å². The molecule has 0 amide bonds. The molecule has 2 rings (SSSR count). The molecule has 0 aromatic rings. The fraction of sp³-hybridized carbons (Fsp3) is 1.00. The van der Waals surface area contributed by atoms with Crippen LogP contribution in [0.3, 0.4) is 0 Å². The average molecular weight is 184 g/mol. The Hall–Kier alpha value is -0.120. The molecular formula is C10H20N2O. The van der Waals surface area contributed by atoms with Gasteiger partial charge in [-0.1, -0.05) is 0 Å². The van der Waals surface area contributed by atoms with Crippen LogP contribution in [-0.2, 0) is 4.74 Å². The van der Waals surface area contributed by atoms with E-state index in [4.69, 9.17) is 4.74 Å². The van der Waals surface area contributed by atoms with Crippen LogP contribution in [-0.4, -0.2) is 39.4 Å². The second kappa shape index (κ2) is 4.40. The topological polar surface area (TPSA) is 33.3 Å². The molecule has 0 radical (unpaired) electrons. The number of rotatable bonds is 3. The van der Waals surface area contributed by atoms with Crippen LogP contribution in [0, 0.1) is 11.8 Å². The summed E-state index contributed by atoms with van der Waals surface area (Å²) in [5.41, 5.74) is 0. The minimum Gasteiger partial charge on any atom is -0.381 e. The van der Waals surface area contributed by atoms with Crippen molar-refractivity contribution in [1.82, 2.24) is 10.6 Å². The highest BCUT2D eigenvalue weighted by molar-refractivity contribution is 4.90. The van der Waals surface area contributed by atoms with Gasteiger partial charge in [-0.05, 0) is 31.7 Å². The van der Waals surface area contributed by atoms with Crippen molar-refractivity contribution in [3.05, 3.63) is 0 Å². The normalized spacial score (nSPS) is 28.4. The van der Waals surface area contributed by atoms with Crippen LogP contribution in [0.15, 0.2) is 0 Å². The molecule has 0 saturated carbocycles. The zero-order chi connectivity index (χ0) is 9.10. The second-order valence-corrected chi connectivity index (χ2v) is 4.18. The highest BCUT2D eigenvalue weighted by atomic mass is 16.5. The van der Waals surface area contributed by atoms with Gasteiger partial charge in [-0.25, -0.2) is 0 Å². The lowest BCUT2D eigenvalue weighted by Crippen LogP contribution is -2.56. The number of hydrogen-bond donors (Lipinski definition) is 2. The van der Waals surface area contributed by atoms with Crippen LogP contribution in [0.5, 0.6) is 0 Å². The first-order valence-electron chi connectivity index (χ1n) is 5.37. The quantitative estimate of drug-likeness (QED) is 0.658. The Morgan fingerprint density at radius 1 is 1.23 bits per heavy atom. The summed E-state index contributed by atoms with van der Waals surface area (Å²) < 4.78 is 5.38. The number of ether oxygens (including phenoxy) is 1. The average Bonchev–Trinajstić information content (AvgIpc) is 2.12. The summed E-state index contributed by atoms with van der Waals surface area (Å²) in [5, 5.41) is 6.82. The zero-order valence-electron chi connectivity index (χ0n) is 8.38. The van der Waals surface area contributed by atoms with E-state index >= 15 is 0 Å². The van der Waals surface area contributed by atoms with Gasteiger partial charge in [-0.2, -0.15) is 0 Å². The number of hydrogen-bond acceptors (Lipinski definition) is 3. The molecule has 0 bridgehead atoms. The van der Waals surface area contributed by atoms with E-state index in [0.717, 1.165) is 25.0 Å². The standard InChI is InChI=1S/C10H20N2O/c1-11-10(9-6-12-7-9)8-2-4-13-5-3-8/h8-12H,2-7H2,1H3. The Labute approximate surface area is 80.2 Å². The molecule has 0 aromatic carbocycles. The Morgan fingerprint density at radius 2 is 1.92 bits per heavy atom. The molecule has 3 heteroatoms. The molecule has 0 spiro atoms. The molecule has 76 valence electrons. The van der Waals surface area contributed by atoms with Crippen molar-refractivity contribution in [2.24, 2.45) is 11.8 Å². The molecule has 1 atom stereocenters. The van der Waals surface area contributed by atoms with E-state index in [1.54, 1.807) is 0 Å². The molecule has 2 aliphatic heterocycles. The van der Waals surface area contributed by atoms with Gasteiger partial charge < -0.3 is 15.4 Å². The van der Waals surface area contributed by atoms with E-state index in [9.17, 15) is 0 Å². The maximum absolute atomic E-state index is 5.38. The summed E-state index contributed by atoms with van der Waals surface area (Å²) in [5.74, 6) is 1.69. The van der Waals surface area contributed by atoms with Gasteiger partial charge >= 0.3 is 0 Å². The smallest absolute Gasteiger partial charge is 0.0469 e. The zero-order valence-corrected chi connectivity index (χ0v) is 8.38. The molecule has 2 N–H and O–H groups in total. The van der Waals surface area contributed by atoms with Crippen LogP contribution in [0.2, 0.25) is 0 Å². The van der Waals surface area contributed by atoms with Crippen molar-refractivity contribution < 1.29 is 4.74 Å². The van der Waals surface area contributed by atoms with Gasteiger partial charge in [0.05, 0.1) is 0 Å². The first kappa shape index (κ1) is 9.44. The minimum atomic E-state index is 0.713. The highest BCUT2D eigenvalue weighted by Gasteiger charge is 2.32. The van der Waals surface area contributed by atoms with E-state index in [2.05, 4.69) is 17.7 Å². The summed E-state index contributed by atoms with van der Waals surface area (Å²) in [6, 6.07) is 0.713. The SMILES string of the molecule is CNC(C1CCOCC1)C1CNC1. The molecule has 2 aliphatic rings. The highest BCUT2D eigenvalue weighted by Crippen LogP contribution is 2.25. The van der Waals surface area contributed by atoms with E-state index in [1.165, 1.54) is 25.9 Å². The molecule has 0 aliphatic carbocycles. The number of nitrogens with one attached hydrogen (secondary N) is 2. The van der Waals surface area contributed by atoms with Crippen molar-refractivity contribution in [2.45, 2.75) is 18.9 Å². The predicted molar refractivity (Wildman–Crippen MR) is 52.8 cm³/mol. The van der Waals surface area contributed by atoms with Gasteiger partial charge in [0.25, 0.3) is 0 Å². The summed E-state index contributed by atoms with van der Waals surface area (Å²) in [4.78, 5) is 0. The van der Waals surface area contributed by atoms with Gasteiger partial charge in [-0.3, -0.25) is 0 Å². The third kappa shape index (κ3) is 2.03. The molecule has 13 heavy (non-hydrogen) atoms. The van der Waals surface area contributed by atoms with E-state index < -0.39 is 0 Å². The second-order valence-electron chi connectivity index (χ2n) is 4.18. The van der Waals surface area contributed by atoms with Crippen LogP contribution < -0.4 is 10.6 Å². The van der Waals surface area contributed by atoms with Crippen molar-refractivity contribution in [2.75, 3.05) is 33.4 Å². The molecule has 2 heterocycles. The first-order chi connectivity index (χ1) is 6.42. The Balaban J connectivity index is 1.86. The lowest BCUT2D eigenvalue weighted by molar-refractivity contribution is 0.0403. The lowest BCUT2D eigenvalue weighted by Gasteiger charge is -2.40. The van der Waals surface area contributed by atoms with E-state index in [1.807, 2.05) is 0 Å². The lowest BCUT2D eigenvalue weighted by atomic mass is 9.81. The van der Waals surface area contributed by atoms with Crippen molar-refractivity contribution in [3.8, 4) is 0 Å². The summed E-state index contributed by atoms with van der Waals surface area (Å²) in [6.45, 7) is 4.32. The Bertz CT molecular complexity index is 153. The van der Waals surface area contributed by atoms with Gasteiger partial charge in [0, 0.05) is 32.3 Å². The molecule has 2 fully saturated rings. The van der Waals surface area contributed by atoms with Crippen molar-refractivity contribution in [1.29, 1.82) is 0 Å². The predicted octanol–water partition coefficient (Wildman–Crippen LogP) is 0.220. The van der Waals surface area contributed by atoms with Crippen LogP contribution >= 0.6 is 0 Å². The largest absolute Gasteiger partial charge is 0.381 e. The van der Waals surface area contributed by atoms with Crippen LogP contribution in [0.25, 0.3) is 0 Å². The minimum absolute atomic E-state index is 0.713. The van der Waals surface area contributed by atoms with Gasteiger partial charge in [0.15, 0.2) is 0 Å². The third-order valence-corrected chi connectivity index (χ3v) is 3.43. The monoisotopic (exact) mass is 184 g/mol. The van der Waals surface area contributed by atoms with Crippen LogP contribution in [0.1, 0.15) is 12.8 Å². The van der Waals surface area contributed by atoms with Gasteiger partial charge in [-0.15, -0.1) is 0 Å². The third-order valence-electron chi connectivity index (χ3n) is 3.43. The van der Waals surface area contributed by atoms with E-state index in [-0.39, 0.29) is 0 Å². The fourth-order valence-electron chi connectivity index (χ4n) is 2.50. The Morgan fingerprint density at radius 3 is 2.38 bits per heavy atom. The van der Waals surface area contributed by atoms with Gasteiger partial charge in [0.1, 0.15) is 0 Å². The maximum Gasteiger partial charge on any atom is 0.0469 e. The first-order valence-corrected chi connectivity index (χ1v) is 5.37. The van der Waals surface area contributed by atoms with Crippen LogP contribution in [0.4, 0.5) is 0 Å². The Kier molecular flexibility index (Phi) is 3.19. The van der Waals surface area contributed by atoms with E-state index in [0.29, 0.717) is 6.04 Å². The molecule has 0 aromatic heterocycles. The van der Waals surface area contributed by atoms with Crippen molar-refractivity contribution >= 4 is 0 Å². The molecule has 1 unspecified atom stereocenters. The molecule has 3 nitrogen and oxygen atoms in total. The fourth-order valence-corrected chi connectivity index (χ4v) is 2.50. The molecular weight excluding hydrogens is 164 g/mol. The summed E-state index contributed by atoms with van der Waals surface area (Å²) >= 11 is 0.